The average Bonchev–Trinajstić information content (AvgIpc) is 2.23. The minimum atomic E-state index is 0.301. The van der Waals surface area contributed by atoms with Gasteiger partial charge < -0.3 is 11.1 Å². The van der Waals surface area contributed by atoms with E-state index in [4.69, 9.17) is 28.9 Å². The van der Waals surface area contributed by atoms with Gasteiger partial charge in [0, 0.05) is 29.2 Å². The van der Waals surface area contributed by atoms with Crippen molar-refractivity contribution in [2.45, 2.75) is 26.4 Å². The molecule has 16 heavy (non-hydrogen) atoms. The fourth-order valence-electron chi connectivity index (χ4n) is 1.51. The number of hydrogen-bond acceptors (Lipinski definition) is 2. The second-order valence-corrected chi connectivity index (χ2v) is 5.05. The molecule has 1 unspecified atom stereocenters. The van der Waals surface area contributed by atoms with Gasteiger partial charge in [-0.05, 0) is 29.7 Å². The van der Waals surface area contributed by atoms with Crippen LogP contribution in [-0.2, 0) is 6.54 Å². The van der Waals surface area contributed by atoms with Crippen molar-refractivity contribution >= 4 is 23.2 Å². The number of hydrogen-bond donors (Lipinski definition) is 2. The van der Waals surface area contributed by atoms with E-state index in [1.807, 2.05) is 12.1 Å². The normalized spacial score (nSPS) is 13.1. The Bertz CT molecular complexity index is 340. The smallest absolute Gasteiger partial charge is 0.0451 e. The summed E-state index contributed by atoms with van der Waals surface area (Å²) in [5.41, 5.74) is 6.69. The van der Waals surface area contributed by atoms with Gasteiger partial charge in [0.2, 0.25) is 0 Å². The molecular weight excluding hydrogens is 243 g/mol. The predicted molar refractivity (Wildman–Crippen MR) is 71.0 cm³/mol. The van der Waals surface area contributed by atoms with Gasteiger partial charge in [0.1, 0.15) is 0 Å². The molecule has 2 nitrogen and oxygen atoms in total. The maximum absolute atomic E-state index is 6.07. The van der Waals surface area contributed by atoms with E-state index in [1.165, 1.54) is 0 Å². The van der Waals surface area contributed by atoms with Crippen molar-refractivity contribution in [1.29, 1.82) is 0 Å². The van der Waals surface area contributed by atoms with Crippen molar-refractivity contribution in [1.82, 2.24) is 5.32 Å². The summed E-state index contributed by atoms with van der Waals surface area (Å²) in [6.45, 7) is 5.60. The van der Waals surface area contributed by atoms with Gasteiger partial charge in [-0.1, -0.05) is 37.0 Å². The summed E-state index contributed by atoms with van der Waals surface area (Å²) in [4.78, 5) is 0. The van der Waals surface area contributed by atoms with Crippen molar-refractivity contribution in [3.63, 3.8) is 0 Å². The number of nitrogens with one attached hydrogen (secondary N) is 1. The first-order chi connectivity index (χ1) is 7.54. The Hall–Kier alpha value is -0.280. The molecule has 0 saturated heterocycles. The van der Waals surface area contributed by atoms with E-state index in [9.17, 15) is 0 Å². The molecule has 3 N–H and O–H groups in total. The molecule has 0 heterocycles. The Kier molecular flexibility index (Phi) is 5.56. The van der Waals surface area contributed by atoms with Crippen molar-refractivity contribution < 1.29 is 0 Å². The van der Waals surface area contributed by atoms with Gasteiger partial charge in [0.05, 0.1) is 0 Å². The fraction of sp³-hybridized carbons (Fsp3) is 0.500. The van der Waals surface area contributed by atoms with Crippen LogP contribution < -0.4 is 11.1 Å². The first kappa shape index (κ1) is 13.8. The van der Waals surface area contributed by atoms with Crippen LogP contribution in [0.4, 0.5) is 0 Å². The van der Waals surface area contributed by atoms with Crippen LogP contribution in [0.25, 0.3) is 0 Å². The molecule has 1 rings (SSSR count). The van der Waals surface area contributed by atoms with Crippen LogP contribution in [0.1, 0.15) is 19.4 Å². The van der Waals surface area contributed by atoms with E-state index in [2.05, 4.69) is 19.2 Å². The average molecular weight is 261 g/mol. The highest BCUT2D eigenvalue weighted by atomic mass is 35.5. The fourth-order valence-corrected chi connectivity index (χ4v) is 1.89. The highest BCUT2D eigenvalue weighted by Crippen LogP contribution is 2.20. The van der Waals surface area contributed by atoms with Crippen LogP contribution in [0.2, 0.25) is 10.0 Å². The Balaban J connectivity index is 2.63. The zero-order valence-corrected chi connectivity index (χ0v) is 11.1. The Morgan fingerprint density at radius 2 is 2.00 bits per heavy atom. The van der Waals surface area contributed by atoms with Crippen molar-refractivity contribution in [2.24, 2.45) is 11.7 Å². The SMILES string of the molecule is CC(C)C(CN)NCc1cc(Cl)ccc1Cl. The maximum atomic E-state index is 6.07. The first-order valence-electron chi connectivity index (χ1n) is 5.42. The predicted octanol–water partition coefficient (Wildman–Crippen LogP) is 3.07. The topological polar surface area (TPSA) is 38.0 Å². The van der Waals surface area contributed by atoms with Crippen LogP contribution in [-0.4, -0.2) is 12.6 Å². The summed E-state index contributed by atoms with van der Waals surface area (Å²) in [5, 5.41) is 4.82. The molecular formula is C12H18Cl2N2. The number of rotatable bonds is 5. The molecule has 0 bridgehead atoms. The monoisotopic (exact) mass is 260 g/mol. The molecule has 1 atom stereocenters. The van der Waals surface area contributed by atoms with Gasteiger partial charge in [-0.25, -0.2) is 0 Å². The largest absolute Gasteiger partial charge is 0.329 e. The summed E-state index contributed by atoms with van der Waals surface area (Å²) in [5.74, 6) is 0.503. The number of halogens is 2. The lowest BCUT2D eigenvalue weighted by atomic mass is 10.0. The van der Waals surface area contributed by atoms with Crippen LogP contribution in [0.5, 0.6) is 0 Å². The van der Waals surface area contributed by atoms with Gasteiger partial charge >= 0.3 is 0 Å². The van der Waals surface area contributed by atoms with E-state index in [1.54, 1.807) is 6.07 Å². The maximum Gasteiger partial charge on any atom is 0.0451 e. The zero-order chi connectivity index (χ0) is 12.1. The second-order valence-electron chi connectivity index (χ2n) is 4.20. The molecule has 0 radical (unpaired) electrons. The minimum absolute atomic E-state index is 0.301. The quantitative estimate of drug-likeness (QED) is 0.854. The molecule has 1 aromatic carbocycles. The highest BCUT2D eigenvalue weighted by molar-refractivity contribution is 6.33. The summed E-state index contributed by atoms with van der Waals surface area (Å²) < 4.78 is 0. The summed E-state index contributed by atoms with van der Waals surface area (Å²) in [6, 6.07) is 5.78. The molecule has 90 valence electrons. The van der Waals surface area contributed by atoms with E-state index in [0.717, 1.165) is 10.6 Å². The third kappa shape index (κ3) is 3.95. The standard InChI is InChI=1S/C12H18Cl2N2/c1-8(2)12(6-15)16-7-9-5-10(13)3-4-11(9)14/h3-5,8,12,16H,6-7,15H2,1-2H3. The first-order valence-corrected chi connectivity index (χ1v) is 6.17. The molecule has 0 spiro atoms. The highest BCUT2D eigenvalue weighted by Gasteiger charge is 2.11. The lowest BCUT2D eigenvalue weighted by Gasteiger charge is -2.20. The summed E-state index contributed by atoms with van der Waals surface area (Å²) >= 11 is 12.0. The van der Waals surface area contributed by atoms with Crippen LogP contribution in [0, 0.1) is 5.92 Å². The molecule has 0 aliphatic carbocycles. The molecule has 1 aromatic rings. The van der Waals surface area contributed by atoms with Crippen LogP contribution in [0.3, 0.4) is 0 Å². The lowest BCUT2D eigenvalue weighted by molar-refractivity contribution is 0.405. The summed E-state index contributed by atoms with van der Waals surface area (Å²) in [7, 11) is 0. The third-order valence-electron chi connectivity index (χ3n) is 2.62. The molecule has 0 aliphatic heterocycles. The molecule has 0 fully saturated rings. The van der Waals surface area contributed by atoms with Gasteiger partial charge in [-0.3, -0.25) is 0 Å². The Morgan fingerprint density at radius 1 is 1.31 bits per heavy atom. The number of nitrogens with two attached hydrogens (primary N) is 1. The van der Waals surface area contributed by atoms with Crippen molar-refractivity contribution in [3.05, 3.63) is 33.8 Å². The van der Waals surface area contributed by atoms with Gasteiger partial charge in [-0.2, -0.15) is 0 Å². The molecule has 0 aromatic heterocycles. The van der Waals surface area contributed by atoms with E-state index in [-0.39, 0.29) is 0 Å². The van der Waals surface area contributed by atoms with E-state index >= 15 is 0 Å². The Morgan fingerprint density at radius 3 is 2.56 bits per heavy atom. The Labute approximate surface area is 107 Å². The van der Waals surface area contributed by atoms with E-state index < -0.39 is 0 Å². The molecule has 0 aliphatic rings. The van der Waals surface area contributed by atoms with Crippen molar-refractivity contribution in [2.75, 3.05) is 6.54 Å². The second kappa shape index (κ2) is 6.45. The molecule has 4 heteroatoms. The molecule has 0 amide bonds. The van der Waals surface area contributed by atoms with Crippen LogP contribution in [0.15, 0.2) is 18.2 Å². The van der Waals surface area contributed by atoms with Gasteiger partial charge in [-0.15, -0.1) is 0 Å². The summed E-state index contributed by atoms with van der Waals surface area (Å²) in [6.07, 6.45) is 0. The minimum Gasteiger partial charge on any atom is -0.329 e. The molecule has 0 saturated carbocycles. The third-order valence-corrected chi connectivity index (χ3v) is 3.22. The van der Waals surface area contributed by atoms with Crippen molar-refractivity contribution in [3.8, 4) is 0 Å². The van der Waals surface area contributed by atoms with E-state index in [0.29, 0.717) is 30.1 Å². The zero-order valence-electron chi connectivity index (χ0n) is 9.63. The lowest BCUT2D eigenvalue weighted by Crippen LogP contribution is -2.39. The number of benzene rings is 1. The van der Waals surface area contributed by atoms with Gasteiger partial charge in [0.15, 0.2) is 0 Å². The van der Waals surface area contributed by atoms with Crippen LogP contribution >= 0.6 is 23.2 Å². The van der Waals surface area contributed by atoms with Gasteiger partial charge in [0.25, 0.3) is 0 Å².